The molecule has 0 aliphatic heterocycles. The van der Waals surface area contributed by atoms with Crippen LogP contribution in [0, 0.1) is 0 Å². The Hall–Kier alpha value is -7.06. The molecule has 258 valence electrons. The van der Waals surface area contributed by atoms with Gasteiger partial charge in [-0.2, -0.15) is 13.2 Å². The van der Waals surface area contributed by atoms with Gasteiger partial charge in [-0.3, -0.25) is 0 Å². The first-order chi connectivity index (χ1) is 26.4. The van der Waals surface area contributed by atoms with E-state index in [1.54, 1.807) is 6.07 Å². The van der Waals surface area contributed by atoms with E-state index in [1.165, 1.54) is 6.07 Å². The van der Waals surface area contributed by atoms with Gasteiger partial charge in [-0.1, -0.05) is 133 Å². The Labute approximate surface area is 307 Å². The van der Waals surface area contributed by atoms with E-state index < -0.39 is 11.7 Å². The van der Waals surface area contributed by atoms with Crippen LogP contribution in [-0.4, -0.2) is 24.5 Å². The molecule has 0 saturated carbocycles. The highest BCUT2D eigenvalue weighted by Crippen LogP contribution is 2.47. The first-order valence-corrected chi connectivity index (χ1v) is 17.5. The van der Waals surface area contributed by atoms with Crippen molar-refractivity contribution in [2.45, 2.75) is 6.18 Å². The summed E-state index contributed by atoms with van der Waals surface area (Å²) in [7, 11) is 0. The average Bonchev–Trinajstić information content (AvgIpc) is 3.77. The number of nitrogens with zero attached hydrogens (tertiary/aromatic N) is 4. The predicted octanol–water partition coefficient (Wildman–Crippen LogP) is 12.3. The van der Waals surface area contributed by atoms with Crippen molar-refractivity contribution < 1.29 is 13.2 Å². The Kier molecular flexibility index (Phi) is 7.20. The Morgan fingerprint density at radius 1 is 0.500 bits per heavy atom. The van der Waals surface area contributed by atoms with E-state index in [4.69, 9.17) is 15.0 Å². The Bertz CT molecular complexity index is 2960. The SMILES string of the molecule is FC(F)(F)c1cccc(-n2c3ccccc3c3cc(-c4ccccc4)c4c5ccccc5[nH]c4c32)c1-c1nc(-c2ccccc2)nc(-c2ccccc2)n1. The number of hydrogen-bond acceptors (Lipinski definition) is 3. The monoisotopic (exact) mass is 707 g/mol. The third kappa shape index (κ3) is 5.06. The molecule has 3 heterocycles. The normalized spacial score (nSPS) is 12.0. The lowest BCUT2D eigenvalue weighted by atomic mass is 9.96. The standard InChI is InChI=1S/C46H28F3N5/c47-46(48,49)35-23-14-26-38(40(35)45-52-43(29-17-6-2-7-18-29)51-44(53-45)30-19-8-3-9-20-30)54-37-25-13-11-21-31(37)34-27-33(28-15-4-1-5-16-28)39-32-22-10-12-24-36(32)50-41(39)42(34)54/h1-27,50H. The Balaban J connectivity index is 1.37. The summed E-state index contributed by atoms with van der Waals surface area (Å²) in [5.41, 5.74) is 5.95. The first kappa shape index (κ1) is 31.7. The third-order valence-electron chi connectivity index (χ3n) is 10.0. The molecule has 5 nitrogen and oxygen atoms in total. The Morgan fingerprint density at radius 2 is 1.06 bits per heavy atom. The predicted molar refractivity (Wildman–Crippen MR) is 210 cm³/mol. The summed E-state index contributed by atoms with van der Waals surface area (Å²) in [5, 5.41) is 3.81. The molecule has 0 aliphatic carbocycles. The van der Waals surface area contributed by atoms with Gasteiger partial charge in [0, 0.05) is 38.2 Å². The molecule has 0 radical (unpaired) electrons. The fourth-order valence-corrected chi connectivity index (χ4v) is 7.69. The lowest BCUT2D eigenvalue weighted by molar-refractivity contribution is -0.137. The molecule has 7 aromatic carbocycles. The van der Waals surface area contributed by atoms with E-state index in [-0.39, 0.29) is 23.0 Å². The van der Waals surface area contributed by atoms with Gasteiger partial charge in [0.05, 0.1) is 33.4 Å². The number of hydrogen-bond donors (Lipinski definition) is 1. The summed E-state index contributed by atoms with van der Waals surface area (Å²) in [6.07, 6.45) is -4.73. The highest BCUT2D eigenvalue weighted by atomic mass is 19.4. The van der Waals surface area contributed by atoms with Gasteiger partial charge in [-0.25, -0.2) is 15.0 Å². The van der Waals surface area contributed by atoms with Crippen LogP contribution in [0.3, 0.4) is 0 Å². The van der Waals surface area contributed by atoms with Crippen molar-refractivity contribution in [3.63, 3.8) is 0 Å². The van der Waals surface area contributed by atoms with Crippen molar-refractivity contribution in [1.29, 1.82) is 0 Å². The quantitative estimate of drug-likeness (QED) is 0.194. The van der Waals surface area contributed by atoms with Crippen LogP contribution in [0.25, 0.3) is 94.6 Å². The smallest absolute Gasteiger partial charge is 0.353 e. The minimum Gasteiger partial charge on any atom is -0.353 e. The van der Waals surface area contributed by atoms with Crippen molar-refractivity contribution in [3.8, 4) is 51.0 Å². The van der Waals surface area contributed by atoms with E-state index in [0.29, 0.717) is 16.8 Å². The highest BCUT2D eigenvalue weighted by Gasteiger charge is 2.37. The fraction of sp³-hybridized carbons (Fsp3) is 0.0217. The van der Waals surface area contributed by atoms with Crippen molar-refractivity contribution in [3.05, 3.63) is 169 Å². The molecule has 0 amide bonds. The molecule has 0 spiro atoms. The maximum Gasteiger partial charge on any atom is 0.417 e. The maximum atomic E-state index is 15.4. The molecule has 0 fully saturated rings. The number of fused-ring (bicyclic) bond motifs is 7. The lowest BCUT2D eigenvalue weighted by Gasteiger charge is -2.19. The zero-order valence-electron chi connectivity index (χ0n) is 28.5. The van der Waals surface area contributed by atoms with Crippen LogP contribution >= 0.6 is 0 Å². The molecule has 0 bridgehead atoms. The molecule has 54 heavy (non-hydrogen) atoms. The molecule has 0 atom stereocenters. The second-order valence-electron chi connectivity index (χ2n) is 13.2. The minimum absolute atomic E-state index is 0.0784. The first-order valence-electron chi connectivity index (χ1n) is 17.5. The summed E-state index contributed by atoms with van der Waals surface area (Å²) < 4.78 is 48.1. The van der Waals surface area contributed by atoms with Gasteiger partial charge in [0.1, 0.15) is 0 Å². The zero-order valence-corrected chi connectivity index (χ0v) is 28.5. The molecule has 0 saturated heterocycles. The number of alkyl halides is 3. The maximum absolute atomic E-state index is 15.4. The number of nitrogens with one attached hydrogen (secondary N) is 1. The van der Waals surface area contributed by atoms with Crippen molar-refractivity contribution in [1.82, 2.24) is 24.5 Å². The molecular formula is C46H28F3N5. The number of aromatic nitrogens is 5. The van der Waals surface area contributed by atoms with E-state index in [1.807, 2.05) is 126 Å². The van der Waals surface area contributed by atoms with E-state index >= 15 is 13.2 Å². The van der Waals surface area contributed by atoms with E-state index in [2.05, 4.69) is 29.2 Å². The molecule has 10 rings (SSSR count). The molecular weight excluding hydrogens is 680 g/mol. The van der Waals surface area contributed by atoms with Crippen LogP contribution < -0.4 is 0 Å². The van der Waals surface area contributed by atoms with Crippen LogP contribution in [-0.2, 0) is 6.18 Å². The Morgan fingerprint density at radius 3 is 1.70 bits per heavy atom. The van der Waals surface area contributed by atoms with Gasteiger partial charge < -0.3 is 9.55 Å². The summed E-state index contributed by atoms with van der Waals surface area (Å²) >= 11 is 0. The number of aromatic amines is 1. The molecule has 0 unspecified atom stereocenters. The third-order valence-corrected chi connectivity index (χ3v) is 10.0. The van der Waals surface area contributed by atoms with Crippen LogP contribution in [0.1, 0.15) is 5.56 Å². The number of halogens is 3. The van der Waals surface area contributed by atoms with E-state index in [9.17, 15) is 0 Å². The summed E-state index contributed by atoms with van der Waals surface area (Å²) in [6.45, 7) is 0. The van der Waals surface area contributed by atoms with Gasteiger partial charge in [0.15, 0.2) is 17.5 Å². The summed E-state index contributed by atoms with van der Waals surface area (Å²) in [4.78, 5) is 18.1. The number of benzene rings is 7. The second-order valence-corrected chi connectivity index (χ2v) is 13.2. The van der Waals surface area contributed by atoms with Crippen LogP contribution in [0.2, 0.25) is 0 Å². The van der Waals surface area contributed by atoms with Crippen LogP contribution in [0.4, 0.5) is 13.2 Å². The van der Waals surface area contributed by atoms with Crippen molar-refractivity contribution >= 4 is 43.6 Å². The van der Waals surface area contributed by atoms with Gasteiger partial charge in [-0.05, 0) is 41.5 Å². The summed E-state index contributed by atoms with van der Waals surface area (Å²) in [6, 6.07) is 51.1. The minimum atomic E-state index is -4.73. The van der Waals surface area contributed by atoms with Crippen LogP contribution in [0.15, 0.2) is 164 Å². The molecule has 8 heteroatoms. The van der Waals surface area contributed by atoms with Gasteiger partial charge in [0.2, 0.25) is 0 Å². The molecule has 10 aromatic rings. The molecule has 1 N–H and O–H groups in total. The fourth-order valence-electron chi connectivity index (χ4n) is 7.69. The van der Waals surface area contributed by atoms with Crippen molar-refractivity contribution in [2.75, 3.05) is 0 Å². The van der Waals surface area contributed by atoms with Crippen LogP contribution in [0.5, 0.6) is 0 Å². The van der Waals surface area contributed by atoms with E-state index in [0.717, 1.165) is 60.8 Å². The molecule has 3 aromatic heterocycles. The largest absolute Gasteiger partial charge is 0.417 e. The van der Waals surface area contributed by atoms with Gasteiger partial charge >= 0.3 is 6.18 Å². The zero-order chi connectivity index (χ0) is 36.4. The highest BCUT2D eigenvalue weighted by molar-refractivity contribution is 6.27. The van der Waals surface area contributed by atoms with Gasteiger partial charge in [-0.15, -0.1) is 0 Å². The van der Waals surface area contributed by atoms with Gasteiger partial charge in [0.25, 0.3) is 0 Å². The van der Waals surface area contributed by atoms with Crippen molar-refractivity contribution in [2.24, 2.45) is 0 Å². The second kappa shape index (κ2) is 12.3. The molecule has 0 aliphatic rings. The lowest BCUT2D eigenvalue weighted by Crippen LogP contribution is -2.12. The number of rotatable bonds is 5. The topological polar surface area (TPSA) is 59.4 Å². The average molecular weight is 708 g/mol. The summed E-state index contributed by atoms with van der Waals surface area (Å²) in [5.74, 6) is 0.468. The number of para-hydroxylation sites is 2. The number of H-pyrrole nitrogens is 1.